The smallest absolute Gasteiger partial charge is 0.302 e. The van der Waals surface area contributed by atoms with E-state index in [2.05, 4.69) is 4.74 Å². The quantitative estimate of drug-likeness (QED) is 0.156. The van der Waals surface area contributed by atoms with Crippen molar-refractivity contribution in [2.45, 2.75) is 47.0 Å². The number of esters is 1. The molecule has 1 saturated carbocycles. The molecule has 1 fully saturated rings. The molecular weight excluding hydrogens is 629 g/mol. The summed E-state index contributed by atoms with van der Waals surface area (Å²) in [5, 5.41) is 0. The van der Waals surface area contributed by atoms with Crippen LogP contribution in [0.3, 0.4) is 0 Å². The summed E-state index contributed by atoms with van der Waals surface area (Å²) in [4.78, 5) is 10.6. The second-order valence-corrected chi connectivity index (χ2v) is 15.3. The van der Waals surface area contributed by atoms with Crippen LogP contribution in [0.2, 0.25) is 0 Å². The zero-order valence-corrected chi connectivity index (χ0v) is 28.4. The van der Waals surface area contributed by atoms with Crippen LogP contribution >= 0.6 is 0 Å². The van der Waals surface area contributed by atoms with Crippen LogP contribution in [-0.4, -0.2) is 29.4 Å². The van der Waals surface area contributed by atoms with E-state index in [4.69, 9.17) is 0 Å². The molecule has 0 aliphatic heterocycles. The van der Waals surface area contributed by atoms with Crippen LogP contribution in [-0.2, 0) is 39.7 Å². The van der Waals surface area contributed by atoms with Crippen molar-refractivity contribution in [2.24, 2.45) is 5.92 Å². The van der Waals surface area contributed by atoms with Gasteiger partial charge in [-0.15, -0.1) is 0 Å². The standard InChI is InChI=1S/C22H20O2S.C13H12O2S.C4H8O2/c1-17-21(18-11-5-2-6-12-18)22(17,19-13-7-3-8-14-19)25(23,24)20-15-9-4-10-16-20;14-16(15,13-9-5-2-6-10-13)11-12-7-3-1-4-8-12;1-3-6-4(2)5/h2-17,21H,1H3;1-10H,11H2;3H2,1-2H3/t17-,21+,22+;;/m0../s1. The molecule has 0 radical (unpaired) electrons. The topological polar surface area (TPSA) is 94.6 Å². The highest BCUT2D eigenvalue weighted by molar-refractivity contribution is 7.92. The van der Waals surface area contributed by atoms with Crippen molar-refractivity contribution in [3.63, 3.8) is 0 Å². The average molecular weight is 669 g/mol. The predicted molar refractivity (Wildman–Crippen MR) is 186 cm³/mol. The average Bonchev–Trinajstić information content (AvgIpc) is 3.73. The number of sulfone groups is 2. The number of hydrogen-bond acceptors (Lipinski definition) is 6. The Morgan fingerprint density at radius 3 is 1.51 bits per heavy atom. The van der Waals surface area contributed by atoms with Gasteiger partial charge in [-0.3, -0.25) is 4.79 Å². The summed E-state index contributed by atoms with van der Waals surface area (Å²) in [6.45, 7) is 5.70. The zero-order chi connectivity index (χ0) is 33.9. The first-order chi connectivity index (χ1) is 22.6. The van der Waals surface area contributed by atoms with Crippen LogP contribution in [0, 0.1) is 5.92 Å². The van der Waals surface area contributed by atoms with Crippen molar-refractivity contribution in [2.75, 3.05) is 6.61 Å². The van der Waals surface area contributed by atoms with Gasteiger partial charge in [0, 0.05) is 12.8 Å². The van der Waals surface area contributed by atoms with Crippen LogP contribution in [0.25, 0.3) is 0 Å². The number of hydrogen-bond donors (Lipinski definition) is 0. The van der Waals surface area contributed by atoms with E-state index in [0.29, 0.717) is 16.4 Å². The first-order valence-electron chi connectivity index (χ1n) is 15.4. The molecule has 0 bridgehead atoms. The van der Waals surface area contributed by atoms with Crippen LogP contribution in [0.4, 0.5) is 0 Å². The van der Waals surface area contributed by atoms with Crippen LogP contribution in [0.15, 0.2) is 161 Å². The van der Waals surface area contributed by atoms with Gasteiger partial charge >= 0.3 is 5.97 Å². The molecule has 0 N–H and O–H groups in total. The Hall–Kier alpha value is -4.53. The fourth-order valence-electron chi connectivity index (χ4n) is 5.94. The van der Waals surface area contributed by atoms with Crippen molar-refractivity contribution in [1.82, 2.24) is 0 Å². The van der Waals surface area contributed by atoms with Crippen molar-refractivity contribution in [1.29, 1.82) is 0 Å². The maximum absolute atomic E-state index is 13.7. The lowest BCUT2D eigenvalue weighted by Crippen LogP contribution is -2.25. The van der Waals surface area contributed by atoms with Crippen LogP contribution in [0.5, 0.6) is 0 Å². The predicted octanol–water partition coefficient (Wildman–Crippen LogP) is 8.02. The highest BCUT2D eigenvalue weighted by Crippen LogP contribution is 2.69. The second-order valence-electron chi connectivity index (χ2n) is 11.1. The fourth-order valence-corrected chi connectivity index (χ4v) is 9.89. The summed E-state index contributed by atoms with van der Waals surface area (Å²) in [5.74, 6) is -0.181. The van der Waals surface area contributed by atoms with E-state index in [1.54, 1.807) is 55.5 Å². The summed E-state index contributed by atoms with van der Waals surface area (Å²) >= 11 is 0. The lowest BCUT2D eigenvalue weighted by Gasteiger charge is -2.20. The third-order valence-electron chi connectivity index (χ3n) is 8.06. The minimum Gasteiger partial charge on any atom is -0.466 e. The molecule has 0 amide bonds. The lowest BCUT2D eigenvalue weighted by molar-refractivity contribution is -0.140. The van der Waals surface area contributed by atoms with Crippen molar-refractivity contribution in [3.8, 4) is 0 Å². The fraction of sp³-hybridized carbons (Fsp3) is 0.205. The summed E-state index contributed by atoms with van der Waals surface area (Å²) < 4.78 is 54.9. The minimum atomic E-state index is -3.53. The molecule has 3 atom stereocenters. The van der Waals surface area contributed by atoms with E-state index < -0.39 is 24.4 Å². The first-order valence-corrected chi connectivity index (χ1v) is 18.5. The molecule has 0 aromatic heterocycles. The minimum absolute atomic E-state index is 0.0162. The van der Waals surface area contributed by atoms with Gasteiger partial charge in [-0.05, 0) is 53.8 Å². The zero-order valence-electron chi connectivity index (χ0n) is 26.8. The SMILES string of the molecule is CCOC(C)=O.C[C@H]1[C@H](c2ccccc2)[C@@]1(c1ccccc1)S(=O)(=O)c1ccccc1.O=S(=O)(Cc1ccccc1)c1ccccc1. The Morgan fingerprint density at radius 1 is 0.638 bits per heavy atom. The molecule has 5 aromatic rings. The first kappa shape index (κ1) is 35.3. The Balaban J connectivity index is 0.000000194. The van der Waals surface area contributed by atoms with Gasteiger partial charge in [0.1, 0.15) is 4.75 Å². The van der Waals surface area contributed by atoms with Gasteiger partial charge in [0.25, 0.3) is 0 Å². The Labute approximate surface area is 278 Å². The lowest BCUT2D eigenvalue weighted by atomic mass is 10.0. The Kier molecular flexibility index (Phi) is 11.9. The molecule has 1 aliphatic rings. The van der Waals surface area contributed by atoms with E-state index >= 15 is 0 Å². The van der Waals surface area contributed by atoms with Crippen molar-refractivity contribution < 1.29 is 26.4 Å². The normalized spacial score (nSPS) is 18.4. The van der Waals surface area contributed by atoms with E-state index in [0.717, 1.165) is 16.7 Å². The van der Waals surface area contributed by atoms with Crippen molar-refractivity contribution in [3.05, 3.63) is 168 Å². The van der Waals surface area contributed by atoms with Gasteiger partial charge in [-0.2, -0.15) is 0 Å². The number of ether oxygens (including phenoxy) is 1. The maximum atomic E-state index is 13.7. The number of rotatable bonds is 8. The molecule has 0 heterocycles. The van der Waals surface area contributed by atoms with Gasteiger partial charge in [-0.1, -0.05) is 134 Å². The summed E-state index contributed by atoms with van der Waals surface area (Å²) in [6.07, 6.45) is 0. The largest absolute Gasteiger partial charge is 0.466 e. The van der Waals surface area contributed by atoms with Gasteiger partial charge in [0.15, 0.2) is 19.7 Å². The summed E-state index contributed by atoms with van der Waals surface area (Å²) in [7, 11) is -6.74. The molecule has 6 rings (SSSR count). The van der Waals surface area contributed by atoms with Crippen molar-refractivity contribution >= 4 is 25.6 Å². The Morgan fingerprint density at radius 2 is 1.06 bits per heavy atom. The van der Waals surface area contributed by atoms with Gasteiger partial charge in [0.2, 0.25) is 0 Å². The Bertz CT molecular complexity index is 1920. The number of carbonyl (C=O) groups excluding carboxylic acids is 1. The molecule has 47 heavy (non-hydrogen) atoms. The molecule has 8 heteroatoms. The maximum Gasteiger partial charge on any atom is 0.302 e. The molecule has 1 aliphatic carbocycles. The molecule has 0 spiro atoms. The van der Waals surface area contributed by atoms with Crippen LogP contribution in [0.1, 0.15) is 43.4 Å². The van der Waals surface area contributed by atoms with E-state index in [1.807, 2.05) is 110 Å². The second kappa shape index (κ2) is 15.8. The van der Waals surface area contributed by atoms with E-state index in [9.17, 15) is 21.6 Å². The van der Waals surface area contributed by atoms with Gasteiger partial charge in [-0.25, -0.2) is 16.8 Å². The highest BCUT2D eigenvalue weighted by atomic mass is 32.2. The third kappa shape index (κ3) is 8.25. The highest BCUT2D eigenvalue weighted by Gasteiger charge is 2.71. The van der Waals surface area contributed by atoms with Gasteiger partial charge < -0.3 is 4.74 Å². The molecule has 0 unspecified atom stereocenters. The summed E-state index contributed by atoms with van der Waals surface area (Å²) in [5.41, 5.74) is 2.77. The third-order valence-corrected chi connectivity index (χ3v) is 12.4. The monoisotopic (exact) mass is 668 g/mol. The molecule has 6 nitrogen and oxygen atoms in total. The molecule has 0 saturated heterocycles. The molecule has 5 aromatic carbocycles. The summed E-state index contributed by atoms with van der Waals surface area (Å²) in [6, 6.07) is 46.2. The van der Waals surface area contributed by atoms with E-state index in [1.165, 1.54) is 6.92 Å². The van der Waals surface area contributed by atoms with Crippen LogP contribution < -0.4 is 0 Å². The number of benzene rings is 5. The molecule has 244 valence electrons. The van der Waals surface area contributed by atoms with E-state index in [-0.39, 0.29) is 23.6 Å². The van der Waals surface area contributed by atoms with Gasteiger partial charge in [0.05, 0.1) is 22.2 Å². The number of carbonyl (C=O) groups is 1. The molecular formula is C39H40O6S2.